The van der Waals surface area contributed by atoms with E-state index in [2.05, 4.69) is 19.7 Å². The van der Waals surface area contributed by atoms with Gasteiger partial charge in [-0.1, -0.05) is 12.1 Å². The zero-order valence-electron chi connectivity index (χ0n) is 22.5. The maximum absolute atomic E-state index is 12.9. The van der Waals surface area contributed by atoms with E-state index in [1.54, 1.807) is 44.6 Å². The van der Waals surface area contributed by atoms with E-state index in [9.17, 15) is 23.1 Å². The van der Waals surface area contributed by atoms with Crippen LogP contribution in [-0.2, 0) is 24.1 Å². The number of rotatable bonds is 9. The van der Waals surface area contributed by atoms with Crippen LogP contribution in [0.2, 0.25) is 0 Å². The van der Waals surface area contributed by atoms with E-state index in [0.717, 1.165) is 20.9 Å². The molecule has 2 aromatic heterocycles. The summed E-state index contributed by atoms with van der Waals surface area (Å²) in [5.74, 6) is 0.503. The molecular formula is C27H26N6O7S. The lowest BCUT2D eigenvalue weighted by atomic mass is 10.1. The Labute approximate surface area is 234 Å². The highest BCUT2D eigenvalue weighted by atomic mass is 32.2. The SMILES string of the molecule is COc1ccc(C=Cc2ccnc(NS(=O)(=O)c3ccc(N=Cc4c(O)n(C)c(=O)n(C)c4=O)cc3)n2)cc1OC. The third-order valence-electron chi connectivity index (χ3n) is 5.91. The van der Waals surface area contributed by atoms with E-state index in [0.29, 0.717) is 22.9 Å². The third kappa shape index (κ3) is 6.33. The number of hydrogen-bond acceptors (Lipinski definition) is 10. The first-order chi connectivity index (χ1) is 19.5. The molecule has 2 aromatic carbocycles. The Morgan fingerprint density at radius 2 is 1.66 bits per heavy atom. The minimum atomic E-state index is -4.04. The lowest BCUT2D eigenvalue weighted by Crippen LogP contribution is -2.38. The second-order valence-electron chi connectivity index (χ2n) is 8.55. The largest absolute Gasteiger partial charge is 0.494 e. The van der Waals surface area contributed by atoms with Crippen LogP contribution in [0.3, 0.4) is 0 Å². The maximum atomic E-state index is 12.9. The minimum Gasteiger partial charge on any atom is -0.494 e. The number of aromatic nitrogens is 4. The maximum Gasteiger partial charge on any atom is 0.333 e. The van der Waals surface area contributed by atoms with Gasteiger partial charge in [0.15, 0.2) is 11.5 Å². The molecule has 0 saturated heterocycles. The molecule has 0 aliphatic rings. The van der Waals surface area contributed by atoms with Crippen LogP contribution in [0.25, 0.3) is 12.2 Å². The molecule has 2 heterocycles. The summed E-state index contributed by atoms with van der Waals surface area (Å²) in [5.41, 5.74) is -0.0142. The lowest BCUT2D eigenvalue weighted by molar-refractivity contribution is 0.355. The Hall–Kier alpha value is -5.24. The number of benzene rings is 2. The second kappa shape index (κ2) is 11.9. The topological polar surface area (TPSA) is 167 Å². The number of methoxy groups -OCH3 is 2. The Kier molecular flexibility index (Phi) is 8.33. The summed E-state index contributed by atoms with van der Waals surface area (Å²) in [6.45, 7) is 0. The van der Waals surface area contributed by atoms with E-state index in [1.807, 2.05) is 6.07 Å². The minimum absolute atomic E-state index is 0.0767. The van der Waals surface area contributed by atoms with Crippen molar-refractivity contribution in [3.8, 4) is 17.4 Å². The monoisotopic (exact) mass is 578 g/mol. The van der Waals surface area contributed by atoms with Gasteiger partial charge in [0.05, 0.1) is 30.5 Å². The number of aromatic hydroxyl groups is 1. The standard InChI is InChI=1S/C27H26N6O7S/c1-32-24(34)21(25(35)33(2)27(32)36)16-29-18-8-10-20(11-9-18)41(37,38)31-26-28-14-13-19(30-26)7-5-17-6-12-22(39-3)23(15-17)40-4/h5-16,34H,1-4H3,(H,28,30,31). The average Bonchev–Trinajstić information content (AvgIpc) is 2.98. The zero-order chi connectivity index (χ0) is 29.7. The molecule has 0 fully saturated rings. The van der Waals surface area contributed by atoms with Crippen molar-refractivity contribution >= 4 is 40.0 Å². The highest BCUT2D eigenvalue weighted by Crippen LogP contribution is 2.28. The van der Waals surface area contributed by atoms with Crippen molar-refractivity contribution in [3.05, 3.63) is 92.4 Å². The van der Waals surface area contributed by atoms with Gasteiger partial charge in [0.1, 0.15) is 5.56 Å². The summed E-state index contributed by atoms with van der Waals surface area (Å²) in [7, 11) is 1.65. The molecule has 0 aliphatic carbocycles. The van der Waals surface area contributed by atoms with E-state index >= 15 is 0 Å². The van der Waals surface area contributed by atoms with Crippen LogP contribution >= 0.6 is 0 Å². The summed E-state index contributed by atoms with van der Waals surface area (Å²) >= 11 is 0. The van der Waals surface area contributed by atoms with Crippen LogP contribution in [0.5, 0.6) is 17.4 Å². The van der Waals surface area contributed by atoms with Gasteiger partial charge in [-0.25, -0.2) is 27.9 Å². The normalized spacial score (nSPS) is 11.7. The molecular weight excluding hydrogens is 552 g/mol. The van der Waals surface area contributed by atoms with Crippen LogP contribution in [0.1, 0.15) is 16.8 Å². The fourth-order valence-corrected chi connectivity index (χ4v) is 4.61. The summed E-state index contributed by atoms with van der Waals surface area (Å²) in [4.78, 5) is 36.5. The highest BCUT2D eigenvalue weighted by molar-refractivity contribution is 7.92. The molecule has 41 heavy (non-hydrogen) atoms. The molecule has 0 unspecified atom stereocenters. The predicted molar refractivity (Wildman–Crippen MR) is 154 cm³/mol. The third-order valence-corrected chi connectivity index (χ3v) is 7.26. The Bertz CT molecular complexity index is 1880. The van der Waals surface area contributed by atoms with Gasteiger partial charge in [0.25, 0.3) is 15.6 Å². The molecule has 2 N–H and O–H groups in total. The number of sulfonamides is 1. The first kappa shape index (κ1) is 28.8. The molecule has 14 heteroatoms. The summed E-state index contributed by atoms with van der Waals surface area (Å²) < 4.78 is 40.5. The first-order valence-electron chi connectivity index (χ1n) is 11.9. The Balaban J connectivity index is 1.49. The van der Waals surface area contributed by atoms with Crippen molar-refractivity contribution in [1.29, 1.82) is 0 Å². The molecule has 0 atom stereocenters. The van der Waals surface area contributed by atoms with Crippen molar-refractivity contribution in [2.24, 2.45) is 19.1 Å². The number of anilines is 1. The number of hydrogen-bond donors (Lipinski definition) is 2. The van der Waals surface area contributed by atoms with Crippen LogP contribution in [-0.4, -0.2) is 53.1 Å². The van der Waals surface area contributed by atoms with Crippen LogP contribution in [0.4, 0.5) is 11.6 Å². The molecule has 13 nitrogen and oxygen atoms in total. The van der Waals surface area contributed by atoms with Gasteiger partial charge in [-0.3, -0.25) is 18.9 Å². The molecule has 4 rings (SSSR count). The van der Waals surface area contributed by atoms with Gasteiger partial charge in [0.2, 0.25) is 11.8 Å². The van der Waals surface area contributed by atoms with Crippen LogP contribution in [0, 0.1) is 0 Å². The molecule has 212 valence electrons. The molecule has 0 bridgehead atoms. The second-order valence-corrected chi connectivity index (χ2v) is 10.2. The van der Waals surface area contributed by atoms with Crippen LogP contribution < -0.4 is 25.4 Å². The quantitative estimate of drug-likeness (QED) is 0.283. The molecule has 0 amide bonds. The van der Waals surface area contributed by atoms with Gasteiger partial charge >= 0.3 is 5.69 Å². The fraction of sp³-hybridized carbons (Fsp3) is 0.148. The highest BCUT2D eigenvalue weighted by Gasteiger charge is 2.16. The Morgan fingerprint density at radius 1 is 0.951 bits per heavy atom. The van der Waals surface area contributed by atoms with E-state index in [-0.39, 0.29) is 16.4 Å². The average molecular weight is 579 g/mol. The van der Waals surface area contributed by atoms with Gasteiger partial charge in [0, 0.05) is 26.5 Å². The van der Waals surface area contributed by atoms with E-state index < -0.39 is 27.2 Å². The molecule has 0 radical (unpaired) electrons. The van der Waals surface area contributed by atoms with Crippen molar-refractivity contribution in [2.45, 2.75) is 4.90 Å². The van der Waals surface area contributed by atoms with Crippen molar-refractivity contribution in [3.63, 3.8) is 0 Å². The van der Waals surface area contributed by atoms with Crippen molar-refractivity contribution in [1.82, 2.24) is 19.1 Å². The van der Waals surface area contributed by atoms with E-state index in [4.69, 9.17) is 9.47 Å². The molecule has 4 aromatic rings. The first-order valence-corrected chi connectivity index (χ1v) is 13.4. The smallest absolute Gasteiger partial charge is 0.333 e. The zero-order valence-corrected chi connectivity index (χ0v) is 23.3. The van der Waals surface area contributed by atoms with Crippen LogP contribution in [0.15, 0.2) is 74.2 Å². The van der Waals surface area contributed by atoms with E-state index in [1.165, 1.54) is 44.6 Å². The van der Waals surface area contributed by atoms with Crippen molar-refractivity contribution < 1.29 is 23.0 Å². The molecule has 0 saturated carbocycles. The molecule has 0 aliphatic heterocycles. The predicted octanol–water partition coefficient (Wildman–Crippen LogP) is 2.32. The number of aliphatic imine (C=N–C) groups is 1. The van der Waals surface area contributed by atoms with Gasteiger partial charge in [-0.05, 0) is 54.1 Å². The lowest BCUT2D eigenvalue weighted by Gasteiger charge is -2.08. The molecule has 0 spiro atoms. The summed E-state index contributed by atoms with van der Waals surface area (Å²) in [5, 5.41) is 10.1. The fourth-order valence-electron chi connectivity index (χ4n) is 3.65. The van der Waals surface area contributed by atoms with Gasteiger partial charge in [-0.15, -0.1) is 0 Å². The summed E-state index contributed by atoms with van der Waals surface area (Å²) in [6, 6.07) is 12.5. The summed E-state index contributed by atoms with van der Waals surface area (Å²) in [6.07, 6.45) is 6.01. The number of nitrogens with one attached hydrogen (secondary N) is 1. The van der Waals surface area contributed by atoms with Gasteiger partial charge in [-0.2, -0.15) is 0 Å². The van der Waals surface area contributed by atoms with Crippen molar-refractivity contribution in [2.75, 3.05) is 18.9 Å². The Morgan fingerprint density at radius 3 is 2.34 bits per heavy atom. The number of ether oxygens (including phenoxy) is 2. The number of nitrogens with zero attached hydrogens (tertiary/aromatic N) is 5. The van der Waals surface area contributed by atoms with Gasteiger partial charge < -0.3 is 14.6 Å².